The Morgan fingerprint density at radius 3 is 3.00 bits per heavy atom. The van der Waals surface area contributed by atoms with Crippen LogP contribution in [0.15, 0.2) is 11.4 Å². The summed E-state index contributed by atoms with van der Waals surface area (Å²) < 4.78 is 1.93. The Morgan fingerprint density at radius 1 is 1.52 bits per heavy atom. The van der Waals surface area contributed by atoms with E-state index in [1.54, 1.807) is 0 Å². The predicted octanol–water partition coefficient (Wildman–Crippen LogP) is 2.05. The van der Waals surface area contributed by atoms with Gasteiger partial charge < -0.3 is 9.74 Å². The highest BCUT2D eigenvalue weighted by atomic mass is 16.6. The van der Waals surface area contributed by atoms with Crippen LogP contribution in [-0.2, 0) is 16.2 Å². The molecule has 1 fully saturated rings. The summed E-state index contributed by atoms with van der Waals surface area (Å²) in [5.74, 6) is 0.797. The van der Waals surface area contributed by atoms with E-state index < -0.39 is 0 Å². The number of oxime groups is 1. The Bertz CT molecular complexity index is 524. The smallest absolute Gasteiger partial charge is 0.268 e. The minimum Gasteiger partial charge on any atom is -0.399 e. The Balaban J connectivity index is 1.92. The van der Waals surface area contributed by atoms with Gasteiger partial charge in [-0.15, -0.1) is 5.10 Å². The van der Waals surface area contributed by atoms with Crippen molar-refractivity contribution in [1.82, 2.24) is 19.9 Å². The van der Waals surface area contributed by atoms with Crippen LogP contribution in [0, 0.1) is 5.92 Å². The van der Waals surface area contributed by atoms with Crippen molar-refractivity contribution in [3.05, 3.63) is 11.9 Å². The average Bonchev–Trinajstić information content (AvgIpc) is 3.02. The number of hydrogen-bond acceptors (Lipinski definition) is 5. The number of hydrogen-bond donors (Lipinski definition) is 0. The molecule has 1 aromatic heterocycles. The highest BCUT2D eigenvalue weighted by molar-refractivity contribution is 6.25. The number of piperidine rings is 1. The van der Waals surface area contributed by atoms with Crippen molar-refractivity contribution in [2.24, 2.45) is 11.1 Å². The van der Waals surface area contributed by atoms with Gasteiger partial charge in [-0.2, -0.15) is 0 Å². The molecule has 7 heteroatoms. The first-order valence-electron chi connectivity index (χ1n) is 8.43. The molecule has 1 saturated heterocycles. The number of nitrogens with zero attached hydrogens (tertiary/aromatic N) is 5. The van der Waals surface area contributed by atoms with Gasteiger partial charge in [0.15, 0.2) is 0 Å². The largest absolute Gasteiger partial charge is 0.399 e. The molecule has 0 radical (unpaired) electrons. The lowest BCUT2D eigenvalue weighted by Gasteiger charge is -2.31. The van der Waals surface area contributed by atoms with E-state index in [2.05, 4.69) is 40.3 Å². The number of likely N-dealkylation sites (tertiary alicyclic amines) is 1. The van der Waals surface area contributed by atoms with Crippen molar-refractivity contribution in [3.8, 4) is 0 Å². The monoisotopic (exact) mass is 321 g/mol. The van der Waals surface area contributed by atoms with Crippen LogP contribution >= 0.6 is 0 Å². The molecule has 0 saturated carbocycles. The SMILES string of the molecule is CCC(CC)c1cn(CC2CCCN(C(=O)/C=N/OC)C2)nn1. The molecule has 0 spiro atoms. The van der Waals surface area contributed by atoms with E-state index in [-0.39, 0.29) is 5.91 Å². The van der Waals surface area contributed by atoms with Crippen LogP contribution in [0.3, 0.4) is 0 Å². The van der Waals surface area contributed by atoms with E-state index in [1.165, 1.54) is 13.3 Å². The van der Waals surface area contributed by atoms with E-state index in [1.807, 2.05) is 9.58 Å². The van der Waals surface area contributed by atoms with Gasteiger partial charge in [-0.25, -0.2) is 0 Å². The lowest BCUT2D eigenvalue weighted by atomic mass is 9.98. The molecule has 0 N–H and O–H groups in total. The lowest BCUT2D eigenvalue weighted by molar-refractivity contribution is -0.125. The van der Waals surface area contributed by atoms with Gasteiger partial charge in [-0.3, -0.25) is 9.48 Å². The number of carbonyl (C=O) groups excluding carboxylic acids is 1. The lowest BCUT2D eigenvalue weighted by Crippen LogP contribution is -2.41. The van der Waals surface area contributed by atoms with Crippen LogP contribution in [0.4, 0.5) is 0 Å². The minimum atomic E-state index is -0.0899. The van der Waals surface area contributed by atoms with Crippen LogP contribution in [0.5, 0.6) is 0 Å². The summed E-state index contributed by atoms with van der Waals surface area (Å²) in [6, 6.07) is 0. The molecule has 7 nitrogen and oxygen atoms in total. The van der Waals surface area contributed by atoms with Gasteiger partial charge in [0.2, 0.25) is 0 Å². The highest BCUT2D eigenvalue weighted by Crippen LogP contribution is 2.22. The molecule has 0 aromatic carbocycles. The van der Waals surface area contributed by atoms with Gasteiger partial charge >= 0.3 is 0 Å². The molecule has 1 unspecified atom stereocenters. The van der Waals surface area contributed by atoms with E-state index in [4.69, 9.17) is 0 Å². The predicted molar refractivity (Wildman–Crippen MR) is 88.2 cm³/mol. The van der Waals surface area contributed by atoms with Crippen molar-refractivity contribution >= 4 is 12.1 Å². The fraction of sp³-hybridized carbons (Fsp3) is 0.750. The molecular formula is C16H27N5O2. The van der Waals surface area contributed by atoms with Gasteiger partial charge in [0, 0.05) is 31.7 Å². The molecule has 1 aliphatic heterocycles. The van der Waals surface area contributed by atoms with Crippen molar-refractivity contribution in [1.29, 1.82) is 0 Å². The normalized spacial score (nSPS) is 18.8. The molecule has 1 aromatic rings. The second-order valence-electron chi connectivity index (χ2n) is 6.09. The van der Waals surface area contributed by atoms with Gasteiger partial charge in [0.25, 0.3) is 5.91 Å². The van der Waals surface area contributed by atoms with Gasteiger partial charge in [0.05, 0.1) is 5.69 Å². The molecule has 0 bridgehead atoms. The summed E-state index contributed by atoms with van der Waals surface area (Å²) in [5, 5.41) is 12.1. The van der Waals surface area contributed by atoms with Gasteiger partial charge in [-0.1, -0.05) is 24.2 Å². The molecule has 2 heterocycles. The van der Waals surface area contributed by atoms with Crippen LogP contribution in [0.25, 0.3) is 0 Å². The van der Waals surface area contributed by atoms with E-state index in [0.717, 1.165) is 51.0 Å². The summed E-state index contributed by atoms with van der Waals surface area (Å²) in [5.41, 5.74) is 1.07. The maximum atomic E-state index is 12.0. The third kappa shape index (κ3) is 4.77. The van der Waals surface area contributed by atoms with Gasteiger partial charge in [-0.05, 0) is 31.6 Å². The van der Waals surface area contributed by atoms with Gasteiger partial charge in [0.1, 0.15) is 13.3 Å². The van der Waals surface area contributed by atoms with Crippen LogP contribution in [0.1, 0.15) is 51.1 Å². The highest BCUT2D eigenvalue weighted by Gasteiger charge is 2.24. The molecule has 1 amide bonds. The fourth-order valence-corrected chi connectivity index (χ4v) is 3.15. The van der Waals surface area contributed by atoms with Crippen LogP contribution < -0.4 is 0 Å². The third-order valence-corrected chi connectivity index (χ3v) is 4.50. The molecule has 0 aliphatic carbocycles. The second-order valence-corrected chi connectivity index (χ2v) is 6.09. The Hall–Kier alpha value is -1.92. The molecule has 1 aliphatic rings. The summed E-state index contributed by atoms with van der Waals surface area (Å²) in [6.07, 6.45) is 7.57. The number of rotatable bonds is 7. The molecule has 1 atom stereocenters. The first-order valence-corrected chi connectivity index (χ1v) is 8.43. The second kappa shape index (κ2) is 8.64. The molecule has 23 heavy (non-hydrogen) atoms. The fourth-order valence-electron chi connectivity index (χ4n) is 3.15. The van der Waals surface area contributed by atoms with E-state index in [0.29, 0.717) is 11.8 Å². The average molecular weight is 321 g/mol. The maximum Gasteiger partial charge on any atom is 0.268 e. The molecular weight excluding hydrogens is 294 g/mol. The zero-order chi connectivity index (χ0) is 16.7. The number of amides is 1. The topological polar surface area (TPSA) is 72.6 Å². The summed E-state index contributed by atoms with van der Waals surface area (Å²) in [7, 11) is 1.44. The zero-order valence-electron chi connectivity index (χ0n) is 14.3. The van der Waals surface area contributed by atoms with Crippen molar-refractivity contribution in [2.75, 3.05) is 20.2 Å². The first kappa shape index (κ1) is 17.4. The summed E-state index contributed by atoms with van der Waals surface area (Å²) in [6.45, 7) is 6.67. The Kier molecular flexibility index (Phi) is 6.55. The summed E-state index contributed by atoms with van der Waals surface area (Å²) >= 11 is 0. The maximum absolute atomic E-state index is 12.0. The summed E-state index contributed by atoms with van der Waals surface area (Å²) in [4.78, 5) is 18.4. The van der Waals surface area contributed by atoms with Crippen molar-refractivity contribution < 1.29 is 9.63 Å². The number of carbonyl (C=O) groups is 1. The number of aromatic nitrogens is 3. The minimum absolute atomic E-state index is 0.0899. The van der Waals surface area contributed by atoms with E-state index in [9.17, 15) is 4.79 Å². The quantitative estimate of drug-likeness (QED) is 0.569. The molecule has 128 valence electrons. The van der Waals surface area contributed by atoms with Crippen LogP contribution in [-0.4, -0.2) is 52.2 Å². The zero-order valence-corrected chi connectivity index (χ0v) is 14.3. The van der Waals surface area contributed by atoms with Crippen LogP contribution in [0.2, 0.25) is 0 Å². The molecule has 2 rings (SSSR count). The first-order chi connectivity index (χ1) is 11.2. The standard InChI is InChI=1S/C16H27N5O2/c1-4-14(5-2)15-12-21(19-18-15)11-13-7-6-8-20(10-13)16(22)9-17-23-3/h9,12-14H,4-8,10-11H2,1-3H3/b17-9+. The Labute approximate surface area is 137 Å². The third-order valence-electron chi connectivity index (χ3n) is 4.50. The van der Waals surface area contributed by atoms with Crippen molar-refractivity contribution in [3.63, 3.8) is 0 Å². The van der Waals surface area contributed by atoms with Crippen molar-refractivity contribution in [2.45, 2.75) is 52.0 Å². The van der Waals surface area contributed by atoms with E-state index >= 15 is 0 Å². The Morgan fingerprint density at radius 2 is 2.30 bits per heavy atom.